The summed E-state index contributed by atoms with van der Waals surface area (Å²) in [6.45, 7) is 11.1. The molecule has 0 N–H and O–H groups in total. The van der Waals surface area contributed by atoms with Crippen LogP contribution in [-0.4, -0.2) is 78.5 Å². The maximum absolute atomic E-state index is 12.3. The number of carbonyl (C=O) groups excluding carboxylic acids is 3. The number of likely N-dealkylation sites (N-methyl/N-ethyl adjacent to an activating group) is 1. The van der Waals surface area contributed by atoms with Gasteiger partial charge in [-0.25, -0.2) is 4.79 Å². The van der Waals surface area contributed by atoms with Crippen LogP contribution in [-0.2, 0) is 14.3 Å². The van der Waals surface area contributed by atoms with E-state index >= 15 is 0 Å². The Labute approximate surface area is 156 Å². The third-order valence-corrected chi connectivity index (χ3v) is 4.47. The lowest BCUT2D eigenvalue weighted by molar-refractivity contribution is -0.138. The van der Waals surface area contributed by atoms with Crippen LogP contribution in [0.1, 0.15) is 40.0 Å². The molecule has 0 aromatic heterocycles. The van der Waals surface area contributed by atoms with Crippen LogP contribution in [0, 0.1) is 5.92 Å². The number of piperidine rings is 1. The second-order valence-corrected chi connectivity index (χ2v) is 7.91. The fourth-order valence-electron chi connectivity index (χ4n) is 2.82. The molecule has 1 saturated heterocycles. The number of nitrogens with zero attached hydrogens (tertiary/aromatic N) is 3. The van der Waals surface area contributed by atoms with Gasteiger partial charge in [0, 0.05) is 33.7 Å². The van der Waals surface area contributed by atoms with Gasteiger partial charge in [0.05, 0.1) is 6.54 Å². The summed E-state index contributed by atoms with van der Waals surface area (Å²) in [5, 5.41) is 0. The predicted octanol–water partition coefficient (Wildman–Crippen LogP) is 2.13. The minimum Gasteiger partial charge on any atom is -0.444 e. The van der Waals surface area contributed by atoms with Crippen LogP contribution < -0.4 is 0 Å². The first-order valence-corrected chi connectivity index (χ1v) is 9.13. The Kier molecular flexibility index (Phi) is 8.11. The van der Waals surface area contributed by atoms with Crippen LogP contribution in [0.5, 0.6) is 0 Å². The molecule has 0 saturated carbocycles. The highest BCUT2D eigenvalue weighted by Gasteiger charge is 2.25. The van der Waals surface area contributed by atoms with Crippen molar-refractivity contribution in [2.45, 2.75) is 45.6 Å². The predicted molar refractivity (Wildman–Crippen MR) is 101 cm³/mol. The fraction of sp³-hybridized carbons (Fsp3) is 0.737. The summed E-state index contributed by atoms with van der Waals surface area (Å²) in [6, 6.07) is 0. The topological polar surface area (TPSA) is 70.2 Å². The SMILES string of the molecule is C=CC(=O)N(C)CC(=O)N1CCC(CCN(C)C(=O)OC(C)(C)C)CC1. The molecule has 0 unspecified atom stereocenters. The average Bonchev–Trinajstić information content (AvgIpc) is 2.57. The number of hydrogen-bond acceptors (Lipinski definition) is 4. The third-order valence-electron chi connectivity index (χ3n) is 4.47. The standard InChI is InChI=1S/C19H33N3O4/c1-7-16(23)21(6)14-17(24)22-12-9-15(10-13-22)8-11-20(5)18(25)26-19(2,3)4/h7,15H,1,8-14H2,2-6H3. The molecule has 0 bridgehead atoms. The van der Waals surface area contributed by atoms with Gasteiger partial charge in [-0.3, -0.25) is 9.59 Å². The van der Waals surface area contributed by atoms with Crippen molar-refractivity contribution in [1.29, 1.82) is 0 Å². The van der Waals surface area contributed by atoms with E-state index in [0.717, 1.165) is 19.3 Å². The normalized spacial score (nSPS) is 15.3. The molecule has 7 heteroatoms. The summed E-state index contributed by atoms with van der Waals surface area (Å²) in [7, 11) is 3.35. The van der Waals surface area contributed by atoms with Gasteiger partial charge in [0.15, 0.2) is 0 Å². The zero-order chi connectivity index (χ0) is 19.9. The first-order valence-electron chi connectivity index (χ1n) is 9.13. The second kappa shape index (κ2) is 9.59. The fourth-order valence-corrected chi connectivity index (χ4v) is 2.82. The lowest BCUT2D eigenvalue weighted by Crippen LogP contribution is -2.44. The Morgan fingerprint density at radius 2 is 1.73 bits per heavy atom. The van der Waals surface area contributed by atoms with E-state index in [1.165, 1.54) is 11.0 Å². The minimum absolute atomic E-state index is 0.0352. The molecule has 1 rings (SSSR count). The Hall–Kier alpha value is -2.05. The first kappa shape index (κ1) is 22.0. The number of carbonyl (C=O) groups is 3. The highest BCUT2D eigenvalue weighted by atomic mass is 16.6. The molecular weight excluding hydrogens is 334 g/mol. The Balaban J connectivity index is 2.33. The lowest BCUT2D eigenvalue weighted by Gasteiger charge is -2.33. The van der Waals surface area contributed by atoms with Crippen molar-refractivity contribution < 1.29 is 19.1 Å². The smallest absolute Gasteiger partial charge is 0.410 e. The van der Waals surface area contributed by atoms with Crippen molar-refractivity contribution in [2.24, 2.45) is 5.92 Å². The van der Waals surface area contributed by atoms with Gasteiger partial charge in [-0.1, -0.05) is 6.58 Å². The molecule has 1 aliphatic heterocycles. The molecule has 1 fully saturated rings. The van der Waals surface area contributed by atoms with E-state index in [-0.39, 0.29) is 24.5 Å². The highest BCUT2D eigenvalue weighted by molar-refractivity contribution is 5.90. The largest absolute Gasteiger partial charge is 0.444 e. The molecule has 148 valence electrons. The minimum atomic E-state index is -0.489. The molecule has 0 atom stereocenters. The van der Waals surface area contributed by atoms with Crippen molar-refractivity contribution in [2.75, 3.05) is 40.3 Å². The van der Waals surface area contributed by atoms with Gasteiger partial charge in [-0.05, 0) is 52.0 Å². The monoisotopic (exact) mass is 367 g/mol. The Morgan fingerprint density at radius 1 is 1.15 bits per heavy atom. The van der Waals surface area contributed by atoms with Crippen LogP contribution >= 0.6 is 0 Å². The van der Waals surface area contributed by atoms with Crippen molar-refractivity contribution in [3.63, 3.8) is 0 Å². The second-order valence-electron chi connectivity index (χ2n) is 7.91. The molecule has 0 aliphatic carbocycles. The van der Waals surface area contributed by atoms with Gasteiger partial charge in [0.2, 0.25) is 11.8 Å². The number of likely N-dealkylation sites (tertiary alicyclic amines) is 1. The summed E-state index contributed by atoms with van der Waals surface area (Å²) >= 11 is 0. The first-order chi connectivity index (χ1) is 12.0. The summed E-state index contributed by atoms with van der Waals surface area (Å²) in [5.41, 5.74) is -0.489. The van der Waals surface area contributed by atoms with E-state index in [1.54, 1.807) is 23.9 Å². The molecular formula is C19H33N3O4. The highest BCUT2D eigenvalue weighted by Crippen LogP contribution is 2.21. The maximum atomic E-state index is 12.3. The number of amides is 3. The summed E-state index contributed by atoms with van der Waals surface area (Å²) in [4.78, 5) is 40.5. The summed E-state index contributed by atoms with van der Waals surface area (Å²) in [6.07, 6.45) is 3.62. The lowest BCUT2D eigenvalue weighted by atomic mass is 9.93. The molecule has 0 aromatic carbocycles. The van der Waals surface area contributed by atoms with E-state index in [2.05, 4.69) is 6.58 Å². The van der Waals surface area contributed by atoms with Gasteiger partial charge in [-0.15, -0.1) is 0 Å². The van der Waals surface area contributed by atoms with Gasteiger partial charge in [-0.2, -0.15) is 0 Å². The van der Waals surface area contributed by atoms with Gasteiger partial charge in [0.25, 0.3) is 0 Å². The van der Waals surface area contributed by atoms with Gasteiger partial charge >= 0.3 is 6.09 Å². The molecule has 1 heterocycles. The van der Waals surface area contributed by atoms with Gasteiger partial charge < -0.3 is 19.4 Å². The molecule has 1 aliphatic rings. The molecule has 7 nitrogen and oxygen atoms in total. The molecule has 0 radical (unpaired) electrons. The molecule has 3 amide bonds. The summed E-state index contributed by atoms with van der Waals surface area (Å²) < 4.78 is 5.35. The zero-order valence-corrected chi connectivity index (χ0v) is 16.8. The zero-order valence-electron chi connectivity index (χ0n) is 16.8. The van der Waals surface area contributed by atoms with Crippen molar-refractivity contribution in [1.82, 2.24) is 14.7 Å². The van der Waals surface area contributed by atoms with Crippen LogP contribution in [0.3, 0.4) is 0 Å². The van der Waals surface area contributed by atoms with E-state index in [1.807, 2.05) is 20.8 Å². The van der Waals surface area contributed by atoms with Crippen LogP contribution in [0.4, 0.5) is 4.79 Å². The number of hydrogen-bond donors (Lipinski definition) is 0. The van der Waals surface area contributed by atoms with Gasteiger partial charge in [0.1, 0.15) is 5.60 Å². The molecule has 26 heavy (non-hydrogen) atoms. The van der Waals surface area contributed by atoms with Crippen LogP contribution in [0.2, 0.25) is 0 Å². The quantitative estimate of drug-likeness (QED) is 0.674. The van der Waals surface area contributed by atoms with E-state index in [0.29, 0.717) is 25.6 Å². The third kappa shape index (κ3) is 7.45. The number of ether oxygens (including phenoxy) is 1. The van der Waals surface area contributed by atoms with E-state index in [4.69, 9.17) is 4.74 Å². The van der Waals surface area contributed by atoms with Crippen LogP contribution in [0.25, 0.3) is 0 Å². The van der Waals surface area contributed by atoms with Crippen LogP contribution in [0.15, 0.2) is 12.7 Å². The van der Waals surface area contributed by atoms with E-state index < -0.39 is 5.60 Å². The van der Waals surface area contributed by atoms with Crippen molar-refractivity contribution in [3.8, 4) is 0 Å². The molecule has 0 aromatic rings. The summed E-state index contributed by atoms with van der Waals surface area (Å²) in [5.74, 6) is 0.196. The maximum Gasteiger partial charge on any atom is 0.410 e. The van der Waals surface area contributed by atoms with Crippen molar-refractivity contribution >= 4 is 17.9 Å². The average molecular weight is 367 g/mol. The van der Waals surface area contributed by atoms with Crippen molar-refractivity contribution in [3.05, 3.63) is 12.7 Å². The Morgan fingerprint density at radius 3 is 2.23 bits per heavy atom. The number of rotatable bonds is 6. The van der Waals surface area contributed by atoms with E-state index in [9.17, 15) is 14.4 Å². The Bertz CT molecular complexity index is 519. The molecule has 0 spiro atoms.